The molecule has 0 atom stereocenters. The minimum Gasteiger partial charge on any atom is -0.415 e. The summed E-state index contributed by atoms with van der Waals surface area (Å²) >= 11 is 0. The van der Waals surface area contributed by atoms with Gasteiger partial charge in [0.25, 0.3) is 0 Å². The van der Waals surface area contributed by atoms with Crippen molar-refractivity contribution in [2.45, 2.75) is 6.61 Å². The first kappa shape index (κ1) is 8.98. The normalized spacial score (nSPS) is 10.7. The van der Waals surface area contributed by atoms with Crippen LogP contribution in [0.2, 0.25) is 0 Å². The average molecular weight is 193 g/mol. The molecule has 0 unspecified atom stereocenters. The van der Waals surface area contributed by atoms with Gasteiger partial charge in [0, 0.05) is 0 Å². The van der Waals surface area contributed by atoms with Gasteiger partial charge in [0.1, 0.15) is 19.2 Å². The minimum atomic E-state index is 0.225. The van der Waals surface area contributed by atoms with Crippen LogP contribution in [0.5, 0.6) is 0 Å². The molecule has 2 aromatic rings. The first-order chi connectivity index (χ1) is 6.86. The maximum Gasteiger partial charge on any atom is 0.174 e. The van der Waals surface area contributed by atoms with Gasteiger partial charge in [0.05, 0.1) is 5.52 Å². The Labute approximate surface area is 81.0 Å². The molecule has 5 heteroatoms. The van der Waals surface area contributed by atoms with E-state index in [1.807, 2.05) is 24.3 Å². The molecule has 0 fully saturated rings. The van der Waals surface area contributed by atoms with Crippen LogP contribution < -0.4 is 10.7 Å². The fourth-order valence-corrected chi connectivity index (χ4v) is 1.42. The smallest absolute Gasteiger partial charge is 0.174 e. The molecular formula is C9H11N3O2. The van der Waals surface area contributed by atoms with Crippen molar-refractivity contribution < 1.29 is 9.68 Å². The van der Waals surface area contributed by atoms with Gasteiger partial charge in [0.2, 0.25) is 0 Å². The van der Waals surface area contributed by atoms with E-state index in [4.69, 9.17) is 10.7 Å². The molecule has 0 radical (unpaired) electrons. The molecule has 1 aromatic carbocycles. The highest BCUT2D eigenvalue weighted by Gasteiger charge is 2.09. The first-order valence-electron chi connectivity index (χ1n) is 4.19. The lowest BCUT2D eigenvalue weighted by Crippen LogP contribution is -2.12. The average Bonchev–Trinajstić information content (AvgIpc) is 2.55. The summed E-state index contributed by atoms with van der Waals surface area (Å²) in [5.74, 6) is 5.65. The number of nitrogens with two attached hydrogens (primary N) is 1. The second-order valence-corrected chi connectivity index (χ2v) is 2.80. The number of fused-ring (bicyclic) bond motifs is 1. The van der Waals surface area contributed by atoms with E-state index in [1.54, 1.807) is 11.8 Å². The van der Waals surface area contributed by atoms with E-state index in [9.17, 15) is 0 Å². The minimum absolute atomic E-state index is 0.225. The van der Waals surface area contributed by atoms with Gasteiger partial charge in [-0.25, -0.2) is 10.9 Å². The summed E-state index contributed by atoms with van der Waals surface area (Å²) in [5.41, 5.74) is 1.77. The second-order valence-electron chi connectivity index (χ2n) is 2.80. The van der Waals surface area contributed by atoms with Crippen molar-refractivity contribution in [3.63, 3.8) is 0 Å². The summed E-state index contributed by atoms with van der Waals surface area (Å²) < 4.78 is 1.60. The number of hydrogen-bond donors (Lipinski definition) is 1. The van der Waals surface area contributed by atoms with Crippen LogP contribution in [0.25, 0.3) is 11.0 Å². The highest BCUT2D eigenvalue weighted by atomic mass is 16.7. The van der Waals surface area contributed by atoms with Gasteiger partial charge in [-0.2, -0.15) is 4.73 Å². The number of rotatable bonds is 3. The van der Waals surface area contributed by atoms with Crippen molar-refractivity contribution >= 4 is 11.0 Å². The molecule has 1 aromatic heterocycles. The molecule has 5 nitrogen and oxygen atoms in total. The molecule has 74 valence electrons. The number of para-hydroxylation sites is 2. The van der Waals surface area contributed by atoms with Gasteiger partial charge in [-0.3, -0.25) is 4.84 Å². The Kier molecular flexibility index (Phi) is 2.34. The zero-order valence-corrected chi connectivity index (χ0v) is 7.80. The zero-order chi connectivity index (χ0) is 9.97. The van der Waals surface area contributed by atoms with Crippen LogP contribution in [0.15, 0.2) is 24.3 Å². The summed E-state index contributed by atoms with van der Waals surface area (Å²) in [6.07, 6.45) is 0. The van der Waals surface area contributed by atoms with E-state index in [2.05, 4.69) is 9.82 Å². The van der Waals surface area contributed by atoms with Crippen molar-refractivity contribution in [2.75, 3.05) is 7.11 Å². The molecule has 0 saturated carbocycles. The molecule has 0 bridgehead atoms. The summed E-state index contributed by atoms with van der Waals surface area (Å²) in [6.45, 7) is 0.225. The Morgan fingerprint density at radius 2 is 2.21 bits per heavy atom. The van der Waals surface area contributed by atoms with E-state index in [1.165, 1.54) is 0 Å². The Bertz CT molecular complexity index is 439. The standard InChI is InChI=1S/C9H11N3O2/c1-13-12-8-5-3-2-4-7(8)11-9(12)6-14-10/h2-5H,6,10H2,1H3. The Morgan fingerprint density at radius 1 is 1.43 bits per heavy atom. The highest BCUT2D eigenvalue weighted by Crippen LogP contribution is 2.14. The van der Waals surface area contributed by atoms with Crippen LogP contribution >= 0.6 is 0 Å². The molecule has 0 spiro atoms. The van der Waals surface area contributed by atoms with Crippen LogP contribution in [-0.2, 0) is 11.4 Å². The predicted octanol–water partition coefficient (Wildman–Crippen LogP) is 0.485. The lowest BCUT2D eigenvalue weighted by molar-refractivity contribution is 0.0905. The third-order valence-electron chi connectivity index (χ3n) is 1.98. The van der Waals surface area contributed by atoms with E-state index in [-0.39, 0.29) is 6.61 Å². The van der Waals surface area contributed by atoms with Crippen molar-refractivity contribution in [3.05, 3.63) is 30.1 Å². The van der Waals surface area contributed by atoms with E-state index >= 15 is 0 Å². The number of aromatic nitrogens is 2. The topological polar surface area (TPSA) is 62.3 Å². The van der Waals surface area contributed by atoms with Crippen LogP contribution in [0, 0.1) is 0 Å². The highest BCUT2D eigenvalue weighted by molar-refractivity contribution is 5.75. The van der Waals surface area contributed by atoms with Crippen molar-refractivity contribution in [2.24, 2.45) is 5.90 Å². The van der Waals surface area contributed by atoms with Crippen molar-refractivity contribution in [3.8, 4) is 0 Å². The molecule has 0 aliphatic heterocycles. The number of hydrogen-bond acceptors (Lipinski definition) is 4. The fourth-order valence-electron chi connectivity index (χ4n) is 1.42. The van der Waals surface area contributed by atoms with Crippen LogP contribution in [0.1, 0.15) is 5.82 Å². The van der Waals surface area contributed by atoms with E-state index in [0.717, 1.165) is 11.0 Å². The molecule has 14 heavy (non-hydrogen) atoms. The Hall–Kier alpha value is -1.59. The largest absolute Gasteiger partial charge is 0.415 e. The van der Waals surface area contributed by atoms with Gasteiger partial charge in [0.15, 0.2) is 5.82 Å². The quantitative estimate of drug-likeness (QED) is 0.720. The summed E-state index contributed by atoms with van der Waals surface area (Å²) in [7, 11) is 1.58. The van der Waals surface area contributed by atoms with Gasteiger partial charge in [-0.05, 0) is 12.1 Å². The van der Waals surface area contributed by atoms with Crippen LogP contribution in [0.3, 0.4) is 0 Å². The van der Waals surface area contributed by atoms with Gasteiger partial charge >= 0.3 is 0 Å². The molecular weight excluding hydrogens is 182 g/mol. The third-order valence-corrected chi connectivity index (χ3v) is 1.98. The SMILES string of the molecule is COn1c(CON)nc2ccccc21. The summed E-state index contributed by atoms with van der Waals surface area (Å²) in [4.78, 5) is 14.0. The maximum absolute atomic E-state index is 5.17. The number of benzene rings is 1. The van der Waals surface area contributed by atoms with Crippen molar-refractivity contribution in [1.29, 1.82) is 0 Å². The van der Waals surface area contributed by atoms with E-state index in [0.29, 0.717) is 5.82 Å². The Balaban J connectivity index is 2.60. The molecule has 1 heterocycles. The van der Waals surface area contributed by atoms with Gasteiger partial charge in [-0.15, -0.1) is 0 Å². The fraction of sp³-hybridized carbons (Fsp3) is 0.222. The lowest BCUT2D eigenvalue weighted by atomic mass is 10.3. The zero-order valence-electron chi connectivity index (χ0n) is 7.80. The lowest BCUT2D eigenvalue weighted by Gasteiger charge is -2.04. The number of imidazole rings is 1. The molecule has 2 rings (SSSR count). The number of nitrogens with zero attached hydrogens (tertiary/aromatic N) is 2. The maximum atomic E-state index is 5.17. The second kappa shape index (κ2) is 3.65. The van der Waals surface area contributed by atoms with Crippen LogP contribution in [-0.4, -0.2) is 16.8 Å². The monoisotopic (exact) mass is 193 g/mol. The molecule has 0 saturated heterocycles. The van der Waals surface area contributed by atoms with Gasteiger partial charge in [-0.1, -0.05) is 12.1 Å². The molecule has 0 amide bonds. The molecule has 0 aliphatic carbocycles. The van der Waals surface area contributed by atoms with Crippen molar-refractivity contribution in [1.82, 2.24) is 9.71 Å². The molecule has 2 N–H and O–H groups in total. The third kappa shape index (κ3) is 1.32. The Morgan fingerprint density at radius 3 is 2.93 bits per heavy atom. The molecule has 0 aliphatic rings. The predicted molar refractivity (Wildman–Crippen MR) is 51.2 cm³/mol. The summed E-state index contributed by atoms with van der Waals surface area (Å²) in [5, 5.41) is 0. The van der Waals surface area contributed by atoms with Gasteiger partial charge < -0.3 is 4.84 Å². The first-order valence-corrected chi connectivity index (χ1v) is 4.19. The van der Waals surface area contributed by atoms with E-state index < -0.39 is 0 Å². The van der Waals surface area contributed by atoms with Crippen LogP contribution in [0.4, 0.5) is 0 Å². The summed E-state index contributed by atoms with van der Waals surface area (Å²) in [6, 6.07) is 7.67.